The standard InChI is InChI=1S/C16H14N4S/c1-2-13-8-17-4-3-11(13)7-12(1)15-10-21-16(20-15)14-9-18-5-6-19-14/h1-2,5-7,9-10,17H,3-4,8H2. The second kappa shape index (κ2) is 5.35. The maximum Gasteiger partial charge on any atom is 0.144 e. The molecule has 0 unspecified atom stereocenters. The van der Waals surface area contributed by atoms with Crippen LogP contribution in [0, 0.1) is 0 Å². The number of hydrogen-bond acceptors (Lipinski definition) is 5. The molecule has 1 aliphatic rings. The average molecular weight is 294 g/mol. The predicted octanol–water partition coefficient (Wildman–Crippen LogP) is 2.91. The van der Waals surface area contributed by atoms with E-state index in [0.717, 1.165) is 35.9 Å². The predicted molar refractivity (Wildman–Crippen MR) is 84.0 cm³/mol. The van der Waals surface area contributed by atoms with Crippen LogP contribution in [0.1, 0.15) is 11.1 Å². The largest absolute Gasteiger partial charge is 0.312 e. The van der Waals surface area contributed by atoms with E-state index in [-0.39, 0.29) is 0 Å². The lowest BCUT2D eigenvalue weighted by Crippen LogP contribution is -2.23. The van der Waals surface area contributed by atoms with Crippen LogP contribution in [0.5, 0.6) is 0 Å². The Balaban J connectivity index is 1.70. The number of nitrogens with one attached hydrogen (secondary N) is 1. The summed E-state index contributed by atoms with van der Waals surface area (Å²) in [4.78, 5) is 13.1. The molecule has 5 heteroatoms. The lowest BCUT2D eigenvalue weighted by molar-refractivity contribution is 0.644. The van der Waals surface area contributed by atoms with E-state index in [4.69, 9.17) is 4.98 Å². The number of benzene rings is 1. The van der Waals surface area contributed by atoms with E-state index in [0.29, 0.717) is 0 Å². The number of fused-ring (bicyclic) bond motifs is 1. The molecule has 0 aliphatic carbocycles. The Bertz CT molecular complexity index is 767. The molecule has 4 nitrogen and oxygen atoms in total. The Morgan fingerprint density at radius 1 is 1.10 bits per heavy atom. The summed E-state index contributed by atoms with van der Waals surface area (Å²) >= 11 is 1.61. The van der Waals surface area contributed by atoms with Crippen molar-refractivity contribution >= 4 is 11.3 Å². The van der Waals surface area contributed by atoms with Gasteiger partial charge >= 0.3 is 0 Å². The monoisotopic (exact) mass is 294 g/mol. The van der Waals surface area contributed by atoms with Crippen molar-refractivity contribution in [2.45, 2.75) is 13.0 Å². The Morgan fingerprint density at radius 2 is 2.10 bits per heavy atom. The third-order valence-corrected chi connectivity index (χ3v) is 4.54. The summed E-state index contributed by atoms with van der Waals surface area (Å²) in [5.41, 5.74) is 5.86. The zero-order chi connectivity index (χ0) is 14.1. The van der Waals surface area contributed by atoms with Gasteiger partial charge in [0.05, 0.1) is 11.9 Å². The van der Waals surface area contributed by atoms with Gasteiger partial charge in [0.15, 0.2) is 0 Å². The summed E-state index contributed by atoms with van der Waals surface area (Å²) < 4.78 is 0. The van der Waals surface area contributed by atoms with E-state index >= 15 is 0 Å². The Morgan fingerprint density at radius 3 is 3.00 bits per heavy atom. The van der Waals surface area contributed by atoms with Crippen LogP contribution in [-0.4, -0.2) is 21.5 Å². The fourth-order valence-corrected chi connectivity index (χ4v) is 3.36. The van der Waals surface area contributed by atoms with Crippen LogP contribution in [-0.2, 0) is 13.0 Å². The molecule has 3 heterocycles. The number of aromatic nitrogens is 3. The van der Waals surface area contributed by atoms with Crippen molar-refractivity contribution in [1.82, 2.24) is 20.3 Å². The van der Waals surface area contributed by atoms with Gasteiger partial charge in [-0.25, -0.2) is 4.98 Å². The van der Waals surface area contributed by atoms with Crippen molar-refractivity contribution in [3.05, 3.63) is 53.3 Å². The summed E-state index contributed by atoms with van der Waals surface area (Å²) in [6, 6.07) is 6.63. The molecule has 104 valence electrons. The van der Waals surface area contributed by atoms with Gasteiger partial charge in [-0.15, -0.1) is 11.3 Å². The van der Waals surface area contributed by atoms with E-state index in [1.54, 1.807) is 29.9 Å². The van der Waals surface area contributed by atoms with E-state index in [9.17, 15) is 0 Å². The second-order valence-electron chi connectivity index (χ2n) is 5.04. The molecule has 0 bridgehead atoms. The highest BCUT2D eigenvalue weighted by Crippen LogP contribution is 2.29. The normalized spacial score (nSPS) is 13.9. The first-order chi connectivity index (χ1) is 10.4. The Hall–Kier alpha value is -2.11. The molecule has 3 aromatic rings. The van der Waals surface area contributed by atoms with Crippen LogP contribution in [0.3, 0.4) is 0 Å². The minimum absolute atomic E-state index is 0.830. The van der Waals surface area contributed by atoms with Gasteiger partial charge in [-0.3, -0.25) is 9.97 Å². The molecule has 0 fully saturated rings. The number of thiazole rings is 1. The molecule has 1 aliphatic heterocycles. The van der Waals surface area contributed by atoms with Crippen LogP contribution >= 0.6 is 11.3 Å². The van der Waals surface area contributed by atoms with E-state index < -0.39 is 0 Å². The van der Waals surface area contributed by atoms with Gasteiger partial charge in [-0.05, 0) is 30.2 Å². The molecule has 21 heavy (non-hydrogen) atoms. The van der Waals surface area contributed by atoms with Crippen LogP contribution in [0.15, 0.2) is 42.2 Å². The molecule has 0 spiro atoms. The molecule has 0 saturated carbocycles. The molecular weight excluding hydrogens is 280 g/mol. The minimum atomic E-state index is 0.830. The minimum Gasteiger partial charge on any atom is -0.312 e. The van der Waals surface area contributed by atoms with Gasteiger partial charge in [-0.1, -0.05) is 12.1 Å². The van der Waals surface area contributed by atoms with Gasteiger partial charge < -0.3 is 5.32 Å². The van der Waals surface area contributed by atoms with Crippen molar-refractivity contribution in [1.29, 1.82) is 0 Å². The molecule has 1 N–H and O–H groups in total. The van der Waals surface area contributed by atoms with E-state index in [1.165, 1.54) is 16.7 Å². The SMILES string of the molecule is c1cnc(-c2nc(-c3ccc4c(c3)CCNC4)cs2)cn1. The first-order valence-corrected chi connectivity index (χ1v) is 7.83. The highest BCUT2D eigenvalue weighted by Gasteiger charge is 2.12. The molecule has 4 rings (SSSR count). The molecule has 0 atom stereocenters. The van der Waals surface area contributed by atoms with Crippen molar-refractivity contribution in [2.24, 2.45) is 0 Å². The summed E-state index contributed by atoms with van der Waals surface area (Å²) in [7, 11) is 0. The number of rotatable bonds is 2. The lowest BCUT2D eigenvalue weighted by atomic mass is 9.98. The molecule has 0 radical (unpaired) electrons. The summed E-state index contributed by atoms with van der Waals surface area (Å²) in [5.74, 6) is 0. The van der Waals surface area contributed by atoms with Crippen LogP contribution < -0.4 is 5.32 Å². The molecular formula is C16H14N4S. The van der Waals surface area contributed by atoms with Gasteiger partial charge in [0, 0.05) is 29.9 Å². The summed E-state index contributed by atoms with van der Waals surface area (Å²) in [6.07, 6.45) is 6.21. The van der Waals surface area contributed by atoms with Crippen molar-refractivity contribution in [3.63, 3.8) is 0 Å². The fraction of sp³-hybridized carbons (Fsp3) is 0.188. The van der Waals surface area contributed by atoms with Gasteiger partial charge in [0.25, 0.3) is 0 Å². The van der Waals surface area contributed by atoms with Crippen molar-refractivity contribution in [3.8, 4) is 22.0 Å². The van der Waals surface area contributed by atoms with Gasteiger partial charge in [0.2, 0.25) is 0 Å². The van der Waals surface area contributed by atoms with Crippen LogP contribution in [0.4, 0.5) is 0 Å². The first kappa shape index (κ1) is 12.6. The van der Waals surface area contributed by atoms with Crippen LogP contribution in [0.25, 0.3) is 22.0 Å². The van der Waals surface area contributed by atoms with Gasteiger partial charge in [0.1, 0.15) is 10.7 Å². The first-order valence-electron chi connectivity index (χ1n) is 6.95. The summed E-state index contributed by atoms with van der Waals surface area (Å²) in [6.45, 7) is 2.02. The highest BCUT2D eigenvalue weighted by molar-refractivity contribution is 7.13. The maximum absolute atomic E-state index is 4.70. The van der Waals surface area contributed by atoms with Crippen molar-refractivity contribution in [2.75, 3.05) is 6.54 Å². The van der Waals surface area contributed by atoms with E-state index in [2.05, 4.69) is 38.9 Å². The zero-order valence-corrected chi connectivity index (χ0v) is 12.2. The number of hydrogen-bond donors (Lipinski definition) is 1. The lowest BCUT2D eigenvalue weighted by Gasteiger charge is -2.17. The molecule has 2 aromatic heterocycles. The Labute approximate surface area is 126 Å². The molecule has 1 aromatic carbocycles. The molecule has 0 amide bonds. The average Bonchev–Trinajstić information content (AvgIpc) is 3.05. The second-order valence-corrected chi connectivity index (χ2v) is 5.90. The third kappa shape index (κ3) is 2.46. The zero-order valence-electron chi connectivity index (χ0n) is 11.4. The highest BCUT2D eigenvalue weighted by atomic mass is 32.1. The fourth-order valence-electron chi connectivity index (χ4n) is 2.57. The third-order valence-electron chi connectivity index (χ3n) is 3.68. The summed E-state index contributed by atoms with van der Waals surface area (Å²) in [5, 5.41) is 6.40. The molecule has 0 saturated heterocycles. The Kier molecular flexibility index (Phi) is 3.21. The van der Waals surface area contributed by atoms with Crippen LogP contribution in [0.2, 0.25) is 0 Å². The smallest absolute Gasteiger partial charge is 0.144 e. The topological polar surface area (TPSA) is 50.7 Å². The maximum atomic E-state index is 4.70. The quantitative estimate of drug-likeness (QED) is 0.789. The van der Waals surface area contributed by atoms with E-state index in [1.807, 2.05) is 0 Å². The number of nitrogens with zero attached hydrogens (tertiary/aromatic N) is 3. The van der Waals surface area contributed by atoms with Gasteiger partial charge in [-0.2, -0.15) is 0 Å². The van der Waals surface area contributed by atoms with Crippen molar-refractivity contribution < 1.29 is 0 Å².